The molecule has 3 rings (SSSR count). The number of hydrogen-bond acceptors (Lipinski definition) is 8. The molecule has 1 aromatic carbocycles. The van der Waals surface area contributed by atoms with Gasteiger partial charge in [-0.2, -0.15) is 15.0 Å². The van der Waals surface area contributed by atoms with Gasteiger partial charge in [-0.1, -0.05) is 13.3 Å². The molecule has 8 heteroatoms. The third-order valence-corrected chi connectivity index (χ3v) is 3.41. The van der Waals surface area contributed by atoms with E-state index in [-0.39, 0.29) is 24.1 Å². The van der Waals surface area contributed by atoms with Crippen LogP contribution in [-0.4, -0.2) is 15.0 Å². The summed E-state index contributed by atoms with van der Waals surface area (Å²) < 4.78 is 10.9. The van der Waals surface area contributed by atoms with Crippen LogP contribution in [0.15, 0.2) is 33.5 Å². The summed E-state index contributed by atoms with van der Waals surface area (Å²) in [5.41, 5.74) is 12.1. The zero-order valence-electron chi connectivity index (χ0n) is 13.2. The van der Waals surface area contributed by atoms with Gasteiger partial charge in [0.05, 0.1) is 0 Å². The Balaban J connectivity index is 1.86. The van der Waals surface area contributed by atoms with Gasteiger partial charge in [0.15, 0.2) is 5.82 Å². The second-order valence-electron chi connectivity index (χ2n) is 5.26. The molecule has 0 saturated heterocycles. The topological polar surface area (TPSA) is 130 Å². The average molecular weight is 327 g/mol. The van der Waals surface area contributed by atoms with Crippen LogP contribution in [0.25, 0.3) is 11.0 Å². The van der Waals surface area contributed by atoms with E-state index < -0.39 is 0 Å². The highest BCUT2D eigenvalue weighted by Crippen LogP contribution is 2.24. The molecule has 0 amide bonds. The van der Waals surface area contributed by atoms with E-state index in [4.69, 9.17) is 20.6 Å². The Hall–Kier alpha value is -3.16. The lowest BCUT2D eigenvalue weighted by Gasteiger charge is -2.08. The first-order valence-corrected chi connectivity index (χ1v) is 7.50. The minimum Gasteiger partial charge on any atom is -0.485 e. The highest BCUT2D eigenvalue weighted by Gasteiger charge is 2.08. The number of aromatic nitrogens is 3. The van der Waals surface area contributed by atoms with Crippen molar-refractivity contribution in [2.75, 3.05) is 11.5 Å². The molecule has 0 aliphatic rings. The van der Waals surface area contributed by atoms with Crippen molar-refractivity contribution in [2.45, 2.75) is 26.4 Å². The van der Waals surface area contributed by atoms with Gasteiger partial charge in [0, 0.05) is 17.5 Å². The van der Waals surface area contributed by atoms with E-state index in [1.54, 1.807) is 12.1 Å². The molecular weight excluding hydrogens is 310 g/mol. The number of ether oxygens (including phenoxy) is 1. The van der Waals surface area contributed by atoms with Crippen molar-refractivity contribution in [3.63, 3.8) is 0 Å². The van der Waals surface area contributed by atoms with E-state index in [1.165, 1.54) is 6.07 Å². The number of benzene rings is 1. The van der Waals surface area contributed by atoms with E-state index in [1.807, 2.05) is 6.07 Å². The number of hydrogen-bond donors (Lipinski definition) is 2. The molecule has 0 unspecified atom stereocenters. The SMILES string of the molecule is CCCc1cc(=O)oc2cc(OCc3nc(N)nc(N)n3)ccc12. The van der Waals surface area contributed by atoms with Crippen LogP contribution in [-0.2, 0) is 13.0 Å². The lowest BCUT2D eigenvalue weighted by Crippen LogP contribution is -2.09. The number of anilines is 2. The largest absolute Gasteiger partial charge is 0.485 e. The second-order valence-corrected chi connectivity index (χ2v) is 5.26. The summed E-state index contributed by atoms with van der Waals surface area (Å²) in [5.74, 6) is 0.919. The molecule has 0 aliphatic heterocycles. The molecule has 4 N–H and O–H groups in total. The molecule has 0 aliphatic carbocycles. The van der Waals surface area contributed by atoms with Crippen LogP contribution in [0.4, 0.5) is 11.9 Å². The Bertz CT molecular complexity index is 918. The van der Waals surface area contributed by atoms with E-state index >= 15 is 0 Å². The van der Waals surface area contributed by atoms with Crippen LogP contribution in [0.3, 0.4) is 0 Å². The van der Waals surface area contributed by atoms with E-state index in [0.717, 1.165) is 23.8 Å². The predicted octanol–water partition coefficient (Wildman–Crippen LogP) is 1.67. The predicted molar refractivity (Wildman–Crippen MR) is 89.5 cm³/mol. The van der Waals surface area contributed by atoms with Gasteiger partial charge in [0.2, 0.25) is 11.9 Å². The van der Waals surface area contributed by atoms with Crippen molar-refractivity contribution in [1.29, 1.82) is 0 Å². The van der Waals surface area contributed by atoms with Gasteiger partial charge in [0.25, 0.3) is 0 Å². The van der Waals surface area contributed by atoms with Crippen LogP contribution in [0.5, 0.6) is 5.75 Å². The summed E-state index contributed by atoms with van der Waals surface area (Å²) in [5, 5.41) is 0.900. The summed E-state index contributed by atoms with van der Waals surface area (Å²) in [7, 11) is 0. The summed E-state index contributed by atoms with van der Waals surface area (Å²) >= 11 is 0. The Labute approximate surface area is 137 Å². The number of fused-ring (bicyclic) bond motifs is 1. The van der Waals surface area contributed by atoms with Crippen molar-refractivity contribution in [3.05, 3.63) is 46.1 Å². The van der Waals surface area contributed by atoms with Crippen LogP contribution >= 0.6 is 0 Å². The minimum absolute atomic E-state index is 0.0369. The van der Waals surface area contributed by atoms with Gasteiger partial charge in [-0.3, -0.25) is 0 Å². The monoisotopic (exact) mass is 327 g/mol. The van der Waals surface area contributed by atoms with E-state index in [2.05, 4.69) is 21.9 Å². The van der Waals surface area contributed by atoms with Crippen molar-refractivity contribution < 1.29 is 9.15 Å². The van der Waals surface area contributed by atoms with Crippen molar-refractivity contribution in [1.82, 2.24) is 15.0 Å². The molecule has 0 saturated carbocycles. The highest BCUT2D eigenvalue weighted by atomic mass is 16.5. The molecule has 0 atom stereocenters. The fraction of sp³-hybridized carbons (Fsp3) is 0.250. The van der Waals surface area contributed by atoms with Gasteiger partial charge in [0.1, 0.15) is 17.9 Å². The molecule has 0 fully saturated rings. The standard InChI is InChI=1S/C16H17N5O3/c1-2-3-9-6-14(22)24-12-7-10(4-5-11(9)12)23-8-13-19-15(17)21-16(18)20-13/h4-7H,2-3,8H2,1H3,(H4,17,18,19,20,21). The van der Waals surface area contributed by atoms with Crippen molar-refractivity contribution >= 4 is 22.9 Å². The first-order valence-electron chi connectivity index (χ1n) is 7.50. The molecule has 2 heterocycles. The first-order chi connectivity index (χ1) is 11.5. The van der Waals surface area contributed by atoms with Gasteiger partial charge >= 0.3 is 5.63 Å². The normalized spacial score (nSPS) is 10.9. The fourth-order valence-corrected chi connectivity index (χ4v) is 2.45. The summed E-state index contributed by atoms with van der Waals surface area (Å²) in [6, 6.07) is 6.87. The molecule has 8 nitrogen and oxygen atoms in total. The molecule has 0 spiro atoms. The van der Waals surface area contributed by atoms with Crippen LogP contribution in [0, 0.1) is 0 Å². The maximum atomic E-state index is 11.7. The van der Waals surface area contributed by atoms with Crippen molar-refractivity contribution in [3.8, 4) is 5.75 Å². The number of nitrogens with two attached hydrogens (primary N) is 2. The number of aryl methyl sites for hydroxylation is 1. The van der Waals surface area contributed by atoms with Gasteiger partial charge < -0.3 is 20.6 Å². The molecular formula is C16H17N5O3. The number of nitrogens with zero attached hydrogens (tertiary/aromatic N) is 3. The number of nitrogen functional groups attached to an aromatic ring is 2. The summed E-state index contributed by atoms with van der Waals surface area (Å²) in [6.07, 6.45) is 1.75. The Kier molecular flexibility index (Phi) is 4.28. The fourth-order valence-electron chi connectivity index (χ4n) is 2.45. The second kappa shape index (κ2) is 6.53. The smallest absolute Gasteiger partial charge is 0.336 e. The Morgan fingerprint density at radius 1 is 1.12 bits per heavy atom. The minimum atomic E-state index is -0.374. The van der Waals surface area contributed by atoms with Crippen molar-refractivity contribution in [2.24, 2.45) is 0 Å². The quantitative estimate of drug-likeness (QED) is 0.677. The van der Waals surface area contributed by atoms with E-state index in [9.17, 15) is 4.79 Å². The lowest BCUT2D eigenvalue weighted by molar-refractivity contribution is 0.296. The van der Waals surface area contributed by atoms with Crippen LogP contribution in [0.2, 0.25) is 0 Å². The third kappa shape index (κ3) is 3.43. The molecule has 24 heavy (non-hydrogen) atoms. The van der Waals surface area contributed by atoms with Crippen LogP contribution < -0.4 is 21.8 Å². The highest BCUT2D eigenvalue weighted by molar-refractivity contribution is 5.81. The summed E-state index contributed by atoms with van der Waals surface area (Å²) in [4.78, 5) is 23.3. The maximum Gasteiger partial charge on any atom is 0.336 e. The summed E-state index contributed by atoms with van der Waals surface area (Å²) in [6.45, 7) is 2.13. The molecule has 124 valence electrons. The maximum absolute atomic E-state index is 11.7. The third-order valence-electron chi connectivity index (χ3n) is 3.41. The molecule has 3 aromatic rings. The number of rotatable bonds is 5. The molecule has 0 radical (unpaired) electrons. The Morgan fingerprint density at radius 2 is 1.88 bits per heavy atom. The van der Waals surface area contributed by atoms with Crippen LogP contribution in [0.1, 0.15) is 24.7 Å². The molecule has 0 bridgehead atoms. The van der Waals surface area contributed by atoms with Gasteiger partial charge in [-0.05, 0) is 24.1 Å². The van der Waals surface area contributed by atoms with Gasteiger partial charge in [-0.15, -0.1) is 0 Å². The first kappa shape index (κ1) is 15.7. The Morgan fingerprint density at radius 3 is 2.58 bits per heavy atom. The molecule has 2 aromatic heterocycles. The van der Waals surface area contributed by atoms with E-state index in [0.29, 0.717) is 17.2 Å². The van der Waals surface area contributed by atoms with Gasteiger partial charge in [-0.25, -0.2) is 4.79 Å². The average Bonchev–Trinajstić information content (AvgIpc) is 2.52. The zero-order chi connectivity index (χ0) is 17.1. The lowest BCUT2D eigenvalue weighted by atomic mass is 10.1. The zero-order valence-corrected chi connectivity index (χ0v) is 13.2.